The van der Waals surface area contributed by atoms with Gasteiger partial charge in [-0.2, -0.15) is 0 Å². The minimum Gasteiger partial charge on any atom is -0.352 e. The molecule has 0 aromatic heterocycles. The smallest absolute Gasteiger partial charge is 0.242 e. The predicted octanol–water partition coefficient (Wildman–Crippen LogP) is 5.84. The molecule has 0 unspecified atom stereocenters. The molecule has 1 aliphatic carbocycles. The molecule has 0 bridgehead atoms. The van der Waals surface area contributed by atoms with Gasteiger partial charge in [0.2, 0.25) is 11.8 Å². The fraction of sp³-hybridized carbons (Fsp3) is 0.417. The number of hydrogen-bond donors (Lipinski definition) is 1. The standard InChI is InChI=1S/C24H27Cl2FN2O2S/c1-16(24(31)28-20-4-2-3-5-20)29(13-17-6-9-19(27)10-7-17)23(30)15-32-14-18-8-11-21(25)22(26)12-18/h6-12,16,20H,2-5,13-15H2,1H3,(H,28,31)/t16-/m0/s1. The molecule has 0 saturated heterocycles. The highest BCUT2D eigenvalue weighted by Crippen LogP contribution is 2.25. The van der Waals surface area contributed by atoms with E-state index in [-0.39, 0.29) is 36.0 Å². The van der Waals surface area contributed by atoms with Gasteiger partial charge >= 0.3 is 0 Å². The molecule has 2 amide bonds. The van der Waals surface area contributed by atoms with Crippen molar-refractivity contribution in [3.8, 4) is 0 Å². The molecule has 1 aliphatic rings. The summed E-state index contributed by atoms with van der Waals surface area (Å²) in [5.41, 5.74) is 1.74. The Kier molecular flexibility index (Phi) is 9.26. The Balaban J connectivity index is 1.65. The molecule has 2 aromatic carbocycles. The van der Waals surface area contributed by atoms with Crippen LogP contribution in [0.1, 0.15) is 43.7 Å². The highest BCUT2D eigenvalue weighted by molar-refractivity contribution is 7.99. The summed E-state index contributed by atoms with van der Waals surface area (Å²) in [7, 11) is 0. The Hall–Kier alpha value is -1.76. The van der Waals surface area contributed by atoms with Crippen molar-refractivity contribution in [2.24, 2.45) is 0 Å². The third-order valence-electron chi connectivity index (χ3n) is 5.61. The summed E-state index contributed by atoms with van der Waals surface area (Å²) < 4.78 is 13.3. The van der Waals surface area contributed by atoms with E-state index in [1.54, 1.807) is 36.1 Å². The van der Waals surface area contributed by atoms with Gasteiger partial charge in [-0.15, -0.1) is 11.8 Å². The minimum atomic E-state index is -0.626. The largest absolute Gasteiger partial charge is 0.352 e. The van der Waals surface area contributed by atoms with Crippen LogP contribution in [0.2, 0.25) is 10.0 Å². The molecule has 1 fully saturated rings. The van der Waals surface area contributed by atoms with Crippen LogP contribution in [-0.2, 0) is 21.9 Å². The van der Waals surface area contributed by atoms with Gasteiger partial charge < -0.3 is 10.2 Å². The number of hydrogen-bond acceptors (Lipinski definition) is 3. The number of nitrogens with zero attached hydrogens (tertiary/aromatic N) is 1. The second-order valence-corrected chi connectivity index (χ2v) is 9.86. The first kappa shape index (κ1) is 24.9. The second kappa shape index (κ2) is 11.9. The number of rotatable bonds is 9. The topological polar surface area (TPSA) is 49.4 Å². The molecule has 0 aliphatic heterocycles. The summed E-state index contributed by atoms with van der Waals surface area (Å²) in [5.74, 6) is 0.171. The van der Waals surface area contributed by atoms with Crippen molar-refractivity contribution < 1.29 is 14.0 Å². The summed E-state index contributed by atoms with van der Waals surface area (Å²) in [6.07, 6.45) is 4.18. The zero-order valence-corrected chi connectivity index (χ0v) is 20.3. The summed E-state index contributed by atoms with van der Waals surface area (Å²) in [6.45, 7) is 1.99. The van der Waals surface area contributed by atoms with Crippen LogP contribution in [0.4, 0.5) is 4.39 Å². The van der Waals surface area contributed by atoms with Crippen molar-refractivity contribution >= 4 is 46.8 Å². The first-order chi connectivity index (χ1) is 15.3. The highest BCUT2D eigenvalue weighted by atomic mass is 35.5. The Bertz CT molecular complexity index is 936. The van der Waals surface area contributed by atoms with E-state index >= 15 is 0 Å². The Morgan fingerprint density at radius 3 is 2.41 bits per heavy atom. The van der Waals surface area contributed by atoms with Gasteiger partial charge in [0.25, 0.3) is 0 Å². The predicted molar refractivity (Wildman–Crippen MR) is 129 cm³/mol. The molecule has 1 saturated carbocycles. The maximum Gasteiger partial charge on any atom is 0.242 e. The van der Waals surface area contributed by atoms with Crippen LogP contribution in [0.15, 0.2) is 42.5 Å². The molecule has 0 spiro atoms. The monoisotopic (exact) mass is 496 g/mol. The number of amides is 2. The third-order valence-corrected chi connectivity index (χ3v) is 7.34. The van der Waals surface area contributed by atoms with E-state index in [2.05, 4.69) is 5.32 Å². The molecular weight excluding hydrogens is 470 g/mol. The fourth-order valence-electron chi connectivity index (χ4n) is 3.73. The van der Waals surface area contributed by atoms with Crippen molar-refractivity contribution in [2.45, 2.75) is 57.0 Å². The minimum absolute atomic E-state index is 0.145. The van der Waals surface area contributed by atoms with E-state index in [1.165, 1.54) is 23.9 Å². The van der Waals surface area contributed by atoms with E-state index < -0.39 is 6.04 Å². The number of carbonyl (C=O) groups is 2. The van der Waals surface area contributed by atoms with Crippen LogP contribution < -0.4 is 5.32 Å². The van der Waals surface area contributed by atoms with Crippen LogP contribution in [-0.4, -0.2) is 34.6 Å². The van der Waals surface area contributed by atoms with Crippen LogP contribution in [0.25, 0.3) is 0 Å². The quantitative estimate of drug-likeness (QED) is 0.474. The number of benzene rings is 2. The highest BCUT2D eigenvalue weighted by Gasteiger charge is 2.28. The average Bonchev–Trinajstić information content (AvgIpc) is 3.28. The van der Waals surface area contributed by atoms with Crippen LogP contribution in [0.3, 0.4) is 0 Å². The molecule has 4 nitrogen and oxygen atoms in total. The van der Waals surface area contributed by atoms with Crippen molar-refractivity contribution in [3.05, 3.63) is 69.5 Å². The van der Waals surface area contributed by atoms with Crippen molar-refractivity contribution in [2.75, 3.05) is 5.75 Å². The van der Waals surface area contributed by atoms with Crippen molar-refractivity contribution in [1.82, 2.24) is 10.2 Å². The molecular formula is C24H27Cl2FN2O2S. The van der Waals surface area contributed by atoms with Gasteiger partial charge in [0.05, 0.1) is 15.8 Å². The van der Waals surface area contributed by atoms with Gasteiger partial charge in [-0.25, -0.2) is 4.39 Å². The number of nitrogens with one attached hydrogen (secondary N) is 1. The van der Waals surface area contributed by atoms with E-state index in [9.17, 15) is 14.0 Å². The third kappa shape index (κ3) is 7.12. The van der Waals surface area contributed by atoms with Gasteiger partial charge in [0.1, 0.15) is 11.9 Å². The lowest BCUT2D eigenvalue weighted by Crippen LogP contribution is -2.50. The SMILES string of the molecule is C[C@@H](C(=O)NC1CCCC1)N(Cc1ccc(F)cc1)C(=O)CSCc1ccc(Cl)c(Cl)c1. The normalized spacial score (nSPS) is 14.9. The first-order valence-corrected chi connectivity index (χ1v) is 12.6. The second-order valence-electron chi connectivity index (χ2n) is 8.06. The Labute approximate surface area is 202 Å². The molecule has 0 heterocycles. The lowest BCUT2D eigenvalue weighted by atomic mass is 10.1. The zero-order valence-electron chi connectivity index (χ0n) is 18.0. The van der Waals surface area contributed by atoms with Crippen LogP contribution >= 0.6 is 35.0 Å². The fourth-order valence-corrected chi connectivity index (χ4v) is 4.91. The first-order valence-electron chi connectivity index (χ1n) is 10.7. The number of carbonyl (C=O) groups excluding carboxylic acids is 2. The molecule has 8 heteroatoms. The summed E-state index contributed by atoms with van der Waals surface area (Å²) in [4.78, 5) is 27.5. The molecule has 2 aromatic rings. The van der Waals surface area contributed by atoms with E-state index in [4.69, 9.17) is 23.2 Å². The number of thioether (sulfide) groups is 1. The average molecular weight is 497 g/mol. The maximum atomic E-state index is 13.3. The Morgan fingerprint density at radius 1 is 1.09 bits per heavy atom. The van der Waals surface area contributed by atoms with Crippen LogP contribution in [0, 0.1) is 5.82 Å². The Morgan fingerprint density at radius 2 is 1.75 bits per heavy atom. The lowest BCUT2D eigenvalue weighted by Gasteiger charge is -2.29. The van der Waals surface area contributed by atoms with Crippen LogP contribution in [0.5, 0.6) is 0 Å². The van der Waals surface area contributed by atoms with Crippen molar-refractivity contribution in [3.63, 3.8) is 0 Å². The molecule has 3 rings (SSSR count). The summed E-state index contributed by atoms with van der Waals surface area (Å²) in [5, 5.41) is 4.04. The maximum absolute atomic E-state index is 13.3. The molecule has 0 radical (unpaired) electrons. The van der Waals surface area contributed by atoms with Gasteiger partial charge in [-0.1, -0.05) is 54.2 Å². The molecule has 1 atom stereocenters. The summed E-state index contributed by atoms with van der Waals surface area (Å²) in [6, 6.07) is 10.9. The van der Waals surface area contributed by atoms with E-state index in [0.717, 1.165) is 36.8 Å². The van der Waals surface area contributed by atoms with E-state index in [1.807, 2.05) is 6.07 Å². The summed E-state index contributed by atoms with van der Waals surface area (Å²) >= 11 is 13.5. The lowest BCUT2D eigenvalue weighted by molar-refractivity contribution is -0.138. The molecule has 1 N–H and O–H groups in total. The van der Waals surface area contributed by atoms with Gasteiger partial charge in [0, 0.05) is 18.3 Å². The van der Waals surface area contributed by atoms with Crippen molar-refractivity contribution in [1.29, 1.82) is 0 Å². The molecule has 172 valence electrons. The zero-order chi connectivity index (χ0) is 23.1. The van der Waals surface area contributed by atoms with Gasteiger partial charge in [0.15, 0.2) is 0 Å². The number of halogens is 3. The van der Waals surface area contributed by atoms with E-state index in [0.29, 0.717) is 15.8 Å². The van der Waals surface area contributed by atoms with Gasteiger partial charge in [-0.3, -0.25) is 9.59 Å². The van der Waals surface area contributed by atoms with Gasteiger partial charge in [-0.05, 0) is 55.2 Å². The molecule has 32 heavy (non-hydrogen) atoms.